The minimum atomic E-state index is 0.663. The van der Waals surface area contributed by atoms with E-state index in [4.69, 9.17) is 0 Å². The Morgan fingerprint density at radius 3 is 2.94 bits per heavy atom. The number of aromatic nitrogens is 1. The van der Waals surface area contributed by atoms with Crippen molar-refractivity contribution in [3.8, 4) is 0 Å². The molecule has 0 bridgehead atoms. The minimum Gasteiger partial charge on any atom is -0.304 e. The van der Waals surface area contributed by atoms with E-state index < -0.39 is 0 Å². The largest absolute Gasteiger partial charge is 0.304 e. The molecule has 2 aromatic heterocycles. The number of fused-ring (bicyclic) bond motifs is 1. The zero-order valence-corrected chi connectivity index (χ0v) is 11.0. The molecule has 2 nitrogen and oxygen atoms in total. The molecule has 2 aromatic rings. The van der Waals surface area contributed by atoms with Crippen LogP contribution in [0.15, 0.2) is 23.7 Å². The van der Waals surface area contributed by atoms with Crippen molar-refractivity contribution in [1.82, 2.24) is 9.88 Å². The van der Waals surface area contributed by atoms with Crippen LogP contribution in [0.25, 0.3) is 10.1 Å². The SMILES string of the molecule is CCN1CCC(c2nccc3sccc23)CC1. The van der Waals surface area contributed by atoms with Gasteiger partial charge >= 0.3 is 0 Å². The summed E-state index contributed by atoms with van der Waals surface area (Å²) in [5.74, 6) is 0.663. The maximum Gasteiger partial charge on any atom is 0.0522 e. The van der Waals surface area contributed by atoms with Crippen LogP contribution in [0.1, 0.15) is 31.4 Å². The molecule has 3 heterocycles. The van der Waals surface area contributed by atoms with Crippen molar-refractivity contribution in [3.63, 3.8) is 0 Å². The second-order valence-electron chi connectivity index (χ2n) is 4.74. The predicted molar refractivity (Wildman–Crippen MR) is 73.7 cm³/mol. The highest BCUT2D eigenvalue weighted by Crippen LogP contribution is 2.33. The zero-order chi connectivity index (χ0) is 11.7. The summed E-state index contributed by atoms with van der Waals surface area (Å²) in [6, 6.07) is 4.36. The first-order valence-corrected chi connectivity index (χ1v) is 7.31. The van der Waals surface area contributed by atoms with Gasteiger partial charge in [-0.25, -0.2) is 0 Å². The van der Waals surface area contributed by atoms with Crippen molar-refractivity contribution in [2.45, 2.75) is 25.7 Å². The molecule has 0 saturated carbocycles. The van der Waals surface area contributed by atoms with Crippen molar-refractivity contribution < 1.29 is 0 Å². The molecule has 3 heteroatoms. The molecule has 0 atom stereocenters. The standard InChI is InChI=1S/C14H18N2S/c1-2-16-8-4-11(5-9-16)14-12-6-10-17-13(12)3-7-15-14/h3,6-7,10-11H,2,4-5,8-9H2,1H3. The van der Waals surface area contributed by atoms with Gasteiger partial charge in [0.25, 0.3) is 0 Å². The number of pyridine rings is 1. The maximum atomic E-state index is 4.64. The van der Waals surface area contributed by atoms with Crippen LogP contribution < -0.4 is 0 Å². The Balaban J connectivity index is 1.87. The molecule has 0 radical (unpaired) electrons. The van der Waals surface area contributed by atoms with Crippen molar-refractivity contribution in [3.05, 3.63) is 29.4 Å². The molecule has 1 saturated heterocycles. The molecule has 17 heavy (non-hydrogen) atoms. The third kappa shape index (κ3) is 2.09. The summed E-state index contributed by atoms with van der Waals surface area (Å²) in [4.78, 5) is 7.17. The summed E-state index contributed by atoms with van der Waals surface area (Å²) in [6.07, 6.45) is 4.49. The topological polar surface area (TPSA) is 16.1 Å². The molecule has 3 rings (SSSR count). The average Bonchev–Trinajstić information content (AvgIpc) is 2.87. The Morgan fingerprint density at radius 1 is 1.35 bits per heavy atom. The first kappa shape index (κ1) is 11.2. The highest BCUT2D eigenvalue weighted by Gasteiger charge is 2.22. The first-order chi connectivity index (χ1) is 8.38. The van der Waals surface area contributed by atoms with E-state index in [0.717, 1.165) is 0 Å². The van der Waals surface area contributed by atoms with E-state index in [-0.39, 0.29) is 0 Å². The van der Waals surface area contributed by atoms with Crippen molar-refractivity contribution >= 4 is 21.4 Å². The van der Waals surface area contributed by atoms with Crippen LogP contribution in [0.2, 0.25) is 0 Å². The van der Waals surface area contributed by atoms with Gasteiger partial charge in [-0.3, -0.25) is 4.98 Å². The molecule has 0 aromatic carbocycles. The molecule has 0 unspecified atom stereocenters. The van der Waals surface area contributed by atoms with Gasteiger partial charge in [0.2, 0.25) is 0 Å². The smallest absolute Gasteiger partial charge is 0.0522 e. The summed E-state index contributed by atoms with van der Waals surface area (Å²) in [5.41, 5.74) is 1.33. The van der Waals surface area contributed by atoms with Crippen molar-refractivity contribution in [2.75, 3.05) is 19.6 Å². The van der Waals surface area contributed by atoms with E-state index in [2.05, 4.69) is 34.3 Å². The summed E-state index contributed by atoms with van der Waals surface area (Å²) < 4.78 is 1.38. The molecule has 1 aliphatic rings. The molecule has 0 aliphatic carbocycles. The van der Waals surface area contributed by atoms with Gasteiger partial charge in [-0.1, -0.05) is 6.92 Å². The second kappa shape index (κ2) is 4.75. The second-order valence-corrected chi connectivity index (χ2v) is 5.68. The van der Waals surface area contributed by atoms with E-state index >= 15 is 0 Å². The van der Waals surface area contributed by atoms with Gasteiger partial charge in [0.05, 0.1) is 5.69 Å². The Hall–Kier alpha value is -0.930. The van der Waals surface area contributed by atoms with E-state index in [0.29, 0.717) is 5.92 Å². The number of nitrogens with zero attached hydrogens (tertiary/aromatic N) is 2. The Kier molecular flexibility index (Phi) is 3.12. The van der Waals surface area contributed by atoms with Gasteiger partial charge in [-0.15, -0.1) is 11.3 Å². The fourth-order valence-electron chi connectivity index (χ4n) is 2.76. The Bertz CT molecular complexity index is 498. The molecule has 0 amide bonds. The van der Waals surface area contributed by atoms with Crippen LogP contribution in [0.4, 0.5) is 0 Å². The van der Waals surface area contributed by atoms with Crippen LogP contribution in [0.3, 0.4) is 0 Å². The Morgan fingerprint density at radius 2 is 2.18 bits per heavy atom. The maximum absolute atomic E-state index is 4.64. The van der Waals surface area contributed by atoms with E-state index in [1.54, 1.807) is 0 Å². The van der Waals surface area contributed by atoms with E-state index in [9.17, 15) is 0 Å². The van der Waals surface area contributed by atoms with Gasteiger partial charge in [0.15, 0.2) is 0 Å². The average molecular weight is 246 g/mol. The number of thiophene rings is 1. The van der Waals surface area contributed by atoms with Crippen LogP contribution in [-0.4, -0.2) is 29.5 Å². The number of rotatable bonds is 2. The zero-order valence-electron chi connectivity index (χ0n) is 10.2. The summed E-state index contributed by atoms with van der Waals surface area (Å²) in [6.45, 7) is 5.88. The van der Waals surface area contributed by atoms with E-state index in [1.807, 2.05) is 17.5 Å². The number of hydrogen-bond donors (Lipinski definition) is 0. The monoisotopic (exact) mass is 246 g/mol. The predicted octanol–water partition coefficient (Wildman–Crippen LogP) is 3.50. The van der Waals surface area contributed by atoms with Crippen molar-refractivity contribution in [1.29, 1.82) is 0 Å². The van der Waals surface area contributed by atoms with Crippen LogP contribution >= 0.6 is 11.3 Å². The molecule has 1 fully saturated rings. The van der Waals surface area contributed by atoms with Crippen molar-refractivity contribution in [2.24, 2.45) is 0 Å². The normalized spacial score (nSPS) is 18.9. The third-order valence-electron chi connectivity index (χ3n) is 3.83. The summed E-state index contributed by atoms with van der Waals surface area (Å²) >= 11 is 1.82. The highest BCUT2D eigenvalue weighted by molar-refractivity contribution is 7.17. The summed E-state index contributed by atoms with van der Waals surface area (Å²) in [7, 11) is 0. The van der Waals surface area contributed by atoms with Crippen LogP contribution in [0.5, 0.6) is 0 Å². The van der Waals surface area contributed by atoms with Gasteiger partial charge in [-0.05, 0) is 50.0 Å². The Labute approximate surface area is 106 Å². The molecule has 90 valence electrons. The number of hydrogen-bond acceptors (Lipinski definition) is 3. The molecule has 0 N–H and O–H groups in total. The minimum absolute atomic E-state index is 0.663. The number of likely N-dealkylation sites (tertiary alicyclic amines) is 1. The quantitative estimate of drug-likeness (QED) is 0.806. The summed E-state index contributed by atoms with van der Waals surface area (Å²) in [5, 5.41) is 3.56. The lowest BCUT2D eigenvalue weighted by Gasteiger charge is -2.30. The lowest BCUT2D eigenvalue weighted by atomic mass is 9.91. The highest BCUT2D eigenvalue weighted by atomic mass is 32.1. The van der Waals surface area contributed by atoms with Gasteiger partial charge < -0.3 is 4.90 Å². The van der Waals surface area contributed by atoms with E-state index in [1.165, 1.54) is 48.3 Å². The fourth-order valence-corrected chi connectivity index (χ4v) is 3.55. The van der Waals surface area contributed by atoms with Gasteiger partial charge in [0.1, 0.15) is 0 Å². The lowest BCUT2D eigenvalue weighted by molar-refractivity contribution is 0.221. The molecule has 1 aliphatic heterocycles. The lowest BCUT2D eigenvalue weighted by Crippen LogP contribution is -2.32. The van der Waals surface area contributed by atoms with Gasteiger partial charge in [0, 0.05) is 22.2 Å². The number of piperidine rings is 1. The fraction of sp³-hybridized carbons (Fsp3) is 0.500. The van der Waals surface area contributed by atoms with Crippen LogP contribution in [0, 0.1) is 0 Å². The van der Waals surface area contributed by atoms with Crippen LogP contribution in [-0.2, 0) is 0 Å². The van der Waals surface area contributed by atoms with Gasteiger partial charge in [-0.2, -0.15) is 0 Å². The molecular weight excluding hydrogens is 228 g/mol. The molecule has 0 spiro atoms. The molecular formula is C14H18N2S. The first-order valence-electron chi connectivity index (χ1n) is 6.43. The third-order valence-corrected chi connectivity index (χ3v) is 4.71.